The first kappa shape index (κ1) is 17.9. The van der Waals surface area contributed by atoms with Gasteiger partial charge in [-0.1, -0.05) is 0 Å². The van der Waals surface area contributed by atoms with Crippen LogP contribution in [-0.4, -0.2) is 34.7 Å². The average Bonchev–Trinajstić information content (AvgIpc) is 3.09. The van der Waals surface area contributed by atoms with Gasteiger partial charge in [-0.3, -0.25) is 14.2 Å². The summed E-state index contributed by atoms with van der Waals surface area (Å²) in [6.45, 7) is -0.164. The Labute approximate surface area is 163 Å². The highest BCUT2D eigenvalue weighted by Crippen LogP contribution is 2.28. The van der Waals surface area contributed by atoms with Gasteiger partial charge in [0.25, 0.3) is 5.56 Å². The molecule has 3 aromatic heterocycles. The second-order valence-corrected chi connectivity index (χ2v) is 6.96. The molecule has 0 bridgehead atoms. The number of benzene rings is 1. The highest BCUT2D eigenvalue weighted by atomic mass is 32.1. The number of pyridine rings is 1. The van der Waals surface area contributed by atoms with Crippen molar-refractivity contribution < 1.29 is 14.3 Å². The quantitative estimate of drug-likeness (QED) is 0.557. The predicted molar refractivity (Wildman–Crippen MR) is 107 cm³/mol. The summed E-state index contributed by atoms with van der Waals surface area (Å²) in [5.41, 5.74) is 0.841. The van der Waals surface area contributed by atoms with Crippen molar-refractivity contribution in [1.29, 1.82) is 0 Å². The largest absolute Gasteiger partial charge is 0.497 e. The maximum absolute atomic E-state index is 12.8. The third-order valence-electron chi connectivity index (χ3n) is 4.17. The van der Waals surface area contributed by atoms with Crippen molar-refractivity contribution in [3.05, 3.63) is 53.2 Å². The second-order valence-electron chi connectivity index (χ2n) is 5.96. The molecular weight excluding hydrogens is 380 g/mol. The van der Waals surface area contributed by atoms with Gasteiger partial charge in [-0.2, -0.15) is 0 Å². The summed E-state index contributed by atoms with van der Waals surface area (Å²) in [5.74, 6) is 0.734. The topological polar surface area (TPSA) is 95.3 Å². The van der Waals surface area contributed by atoms with Crippen molar-refractivity contribution in [2.45, 2.75) is 6.54 Å². The summed E-state index contributed by atoms with van der Waals surface area (Å²) >= 11 is 1.27. The maximum atomic E-state index is 12.8. The van der Waals surface area contributed by atoms with Crippen LogP contribution in [0, 0.1) is 0 Å². The maximum Gasteiger partial charge on any atom is 0.271 e. The number of carbonyl (C=O) groups is 1. The van der Waals surface area contributed by atoms with E-state index in [9.17, 15) is 9.59 Å². The zero-order valence-electron chi connectivity index (χ0n) is 15.1. The average molecular weight is 396 g/mol. The van der Waals surface area contributed by atoms with Crippen molar-refractivity contribution in [2.75, 3.05) is 19.5 Å². The van der Waals surface area contributed by atoms with Crippen LogP contribution in [0.3, 0.4) is 0 Å². The first-order valence-electron chi connectivity index (χ1n) is 8.34. The predicted octanol–water partition coefficient (Wildman–Crippen LogP) is 2.66. The number of aromatic nitrogens is 3. The lowest BCUT2D eigenvalue weighted by molar-refractivity contribution is -0.116. The van der Waals surface area contributed by atoms with Gasteiger partial charge in [-0.25, -0.2) is 9.97 Å². The van der Waals surface area contributed by atoms with E-state index in [1.165, 1.54) is 36.5 Å². The minimum absolute atomic E-state index is 0.164. The summed E-state index contributed by atoms with van der Waals surface area (Å²) in [6, 6.07) is 8.72. The molecule has 4 rings (SSSR count). The number of nitrogens with one attached hydrogen (secondary N) is 1. The van der Waals surface area contributed by atoms with Gasteiger partial charge in [0.1, 0.15) is 27.6 Å². The molecule has 4 aromatic rings. The van der Waals surface area contributed by atoms with Crippen LogP contribution in [0.1, 0.15) is 0 Å². The van der Waals surface area contributed by atoms with Crippen molar-refractivity contribution in [3.8, 4) is 11.5 Å². The van der Waals surface area contributed by atoms with Crippen LogP contribution in [0.4, 0.5) is 5.69 Å². The molecule has 0 aliphatic heterocycles. The van der Waals surface area contributed by atoms with E-state index in [0.717, 1.165) is 10.2 Å². The Morgan fingerprint density at radius 1 is 1.18 bits per heavy atom. The third kappa shape index (κ3) is 3.27. The van der Waals surface area contributed by atoms with Gasteiger partial charge in [-0.15, -0.1) is 11.3 Å². The zero-order valence-corrected chi connectivity index (χ0v) is 15.9. The van der Waals surface area contributed by atoms with E-state index in [-0.39, 0.29) is 18.0 Å². The van der Waals surface area contributed by atoms with Gasteiger partial charge in [0.2, 0.25) is 5.91 Å². The van der Waals surface area contributed by atoms with E-state index >= 15 is 0 Å². The van der Waals surface area contributed by atoms with Gasteiger partial charge in [0.15, 0.2) is 0 Å². The molecule has 142 valence electrons. The summed E-state index contributed by atoms with van der Waals surface area (Å²) in [5, 5.41) is 3.58. The molecule has 8 nitrogen and oxygen atoms in total. The van der Waals surface area contributed by atoms with Gasteiger partial charge >= 0.3 is 0 Å². The molecule has 9 heteroatoms. The molecule has 0 aliphatic carbocycles. The molecule has 0 radical (unpaired) electrons. The number of anilines is 1. The number of rotatable bonds is 5. The molecule has 1 amide bonds. The summed E-state index contributed by atoms with van der Waals surface area (Å²) in [4.78, 5) is 34.6. The zero-order chi connectivity index (χ0) is 19.7. The molecule has 0 saturated heterocycles. The Balaban J connectivity index is 1.61. The van der Waals surface area contributed by atoms with Crippen molar-refractivity contribution >= 4 is 43.4 Å². The summed E-state index contributed by atoms with van der Waals surface area (Å²) < 4.78 is 12.1. The van der Waals surface area contributed by atoms with Gasteiger partial charge in [0.05, 0.1) is 26.1 Å². The third-order valence-corrected chi connectivity index (χ3v) is 5.26. The Bertz CT molecular complexity index is 1230. The molecular formula is C19H16N4O4S. The van der Waals surface area contributed by atoms with Crippen molar-refractivity contribution in [1.82, 2.24) is 14.5 Å². The lowest BCUT2D eigenvalue weighted by Crippen LogP contribution is -2.27. The first-order chi connectivity index (χ1) is 13.6. The van der Waals surface area contributed by atoms with Crippen LogP contribution in [0.2, 0.25) is 0 Å². The minimum atomic E-state index is -0.363. The van der Waals surface area contributed by atoms with Crippen LogP contribution >= 0.6 is 11.3 Å². The van der Waals surface area contributed by atoms with Crippen LogP contribution in [0.15, 0.2) is 47.7 Å². The van der Waals surface area contributed by atoms with Crippen LogP contribution in [0.25, 0.3) is 20.4 Å². The van der Waals surface area contributed by atoms with Gasteiger partial charge in [-0.05, 0) is 12.1 Å². The van der Waals surface area contributed by atoms with Gasteiger partial charge in [0, 0.05) is 35.5 Å². The fourth-order valence-electron chi connectivity index (χ4n) is 2.85. The number of amides is 1. The fraction of sp³-hybridized carbons (Fsp3) is 0.158. The number of nitrogens with zero attached hydrogens (tertiary/aromatic N) is 3. The standard InChI is InChI=1S/C19H16N4O4S/c1-26-12-6-11(7-13(8-12)27-2)22-15(24)9-23-10-21-16-14-4-3-5-20-18(14)28-17(16)19(23)25/h3-8,10H,9H2,1-2H3,(H,22,24). The van der Waals surface area contributed by atoms with Crippen LogP contribution < -0.4 is 20.3 Å². The smallest absolute Gasteiger partial charge is 0.271 e. The highest BCUT2D eigenvalue weighted by Gasteiger charge is 2.14. The van der Waals surface area contributed by atoms with Crippen LogP contribution in [0.5, 0.6) is 11.5 Å². The van der Waals surface area contributed by atoms with E-state index < -0.39 is 0 Å². The number of fused-ring (bicyclic) bond motifs is 3. The Kier molecular flexibility index (Phi) is 4.66. The molecule has 1 aromatic carbocycles. The molecule has 0 atom stereocenters. The first-order valence-corrected chi connectivity index (χ1v) is 9.16. The van der Waals surface area contributed by atoms with E-state index in [0.29, 0.717) is 27.4 Å². The number of hydrogen-bond acceptors (Lipinski definition) is 7. The van der Waals surface area contributed by atoms with Crippen molar-refractivity contribution in [3.63, 3.8) is 0 Å². The number of ether oxygens (including phenoxy) is 2. The monoisotopic (exact) mass is 396 g/mol. The number of methoxy groups -OCH3 is 2. The minimum Gasteiger partial charge on any atom is -0.497 e. The molecule has 0 unspecified atom stereocenters. The lowest BCUT2D eigenvalue weighted by Gasteiger charge is -2.10. The molecule has 28 heavy (non-hydrogen) atoms. The van der Waals surface area contributed by atoms with E-state index in [4.69, 9.17) is 9.47 Å². The van der Waals surface area contributed by atoms with Crippen molar-refractivity contribution in [2.24, 2.45) is 0 Å². The Morgan fingerprint density at radius 2 is 1.93 bits per heavy atom. The number of thiophene rings is 1. The van der Waals surface area contributed by atoms with E-state index in [1.54, 1.807) is 30.5 Å². The fourth-order valence-corrected chi connectivity index (χ4v) is 3.90. The molecule has 0 spiro atoms. The Hall–Kier alpha value is -3.46. The number of carbonyl (C=O) groups excluding carboxylic acids is 1. The molecule has 0 fully saturated rings. The van der Waals surface area contributed by atoms with Gasteiger partial charge < -0.3 is 14.8 Å². The van der Waals surface area contributed by atoms with E-state index in [2.05, 4.69) is 15.3 Å². The normalized spacial score (nSPS) is 10.9. The molecule has 3 heterocycles. The SMILES string of the molecule is COc1cc(NC(=O)Cn2cnc3c(sc4ncccc43)c2=O)cc(OC)c1. The lowest BCUT2D eigenvalue weighted by atomic mass is 10.2. The number of hydrogen-bond donors (Lipinski definition) is 1. The summed E-state index contributed by atoms with van der Waals surface area (Å²) in [7, 11) is 3.06. The molecule has 0 saturated carbocycles. The Morgan fingerprint density at radius 3 is 2.64 bits per heavy atom. The highest BCUT2D eigenvalue weighted by molar-refractivity contribution is 7.25. The summed E-state index contributed by atoms with van der Waals surface area (Å²) in [6.07, 6.45) is 3.06. The molecule has 1 N–H and O–H groups in total. The second kappa shape index (κ2) is 7.28. The molecule has 0 aliphatic rings. The van der Waals surface area contributed by atoms with Crippen LogP contribution in [-0.2, 0) is 11.3 Å². The van der Waals surface area contributed by atoms with E-state index in [1.807, 2.05) is 6.07 Å².